The fourth-order valence-electron chi connectivity index (χ4n) is 2.44. The molecule has 3 nitrogen and oxygen atoms in total. The normalized spacial score (nSPS) is 19.7. The summed E-state index contributed by atoms with van der Waals surface area (Å²) in [6.07, 6.45) is 2.17. The van der Waals surface area contributed by atoms with Gasteiger partial charge < -0.3 is 9.80 Å². The molecule has 0 aliphatic carbocycles. The number of nitrogens with zero attached hydrogens (tertiary/aromatic N) is 2. The van der Waals surface area contributed by atoms with Crippen molar-refractivity contribution in [2.45, 2.75) is 18.9 Å². The van der Waals surface area contributed by atoms with Gasteiger partial charge in [0.2, 0.25) is 5.91 Å². The van der Waals surface area contributed by atoms with Crippen LogP contribution in [0.1, 0.15) is 12.8 Å². The van der Waals surface area contributed by atoms with Crippen molar-refractivity contribution in [3.05, 3.63) is 30.3 Å². The molecule has 0 N–H and O–H groups in total. The van der Waals surface area contributed by atoms with Crippen molar-refractivity contribution in [2.75, 3.05) is 30.9 Å². The molecule has 0 saturated carbocycles. The SMILES string of the molecule is CN(C(=O)CCl)C1CCCN(c2ccccc2)C1. The number of benzene rings is 1. The van der Waals surface area contributed by atoms with E-state index in [1.807, 2.05) is 25.2 Å². The highest BCUT2D eigenvalue weighted by Crippen LogP contribution is 2.21. The van der Waals surface area contributed by atoms with E-state index in [2.05, 4.69) is 17.0 Å². The van der Waals surface area contributed by atoms with Crippen LogP contribution in [0, 0.1) is 0 Å². The average Bonchev–Trinajstić information content (AvgIpc) is 2.46. The zero-order valence-corrected chi connectivity index (χ0v) is 11.4. The molecule has 18 heavy (non-hydrogen) atoms. The van der Waals surface area contributed by atoms with Gasteiger partial charge in [0, 0.05) is 31.9 Å². The summed E-state index contributed by atoms with van der Waals surface area (Å²) in [7, 11) is 1.85. The van der Waals surface area contributed by atoms with Gasteiger partial charge >= 0.3 is 0 Å². The minimum absolute atomic E-state index is 0.0107. The molecule has 1 fully saturated rings. The first-order valence-corrected chi connectivity index (χ1v) is 6.87. The van der Waals surface area contributed by atoms with Crippen molar-refractivity contribution >= 4 is 23.2 Å². The van der Waals surface area contributed by atoms with Gasteiger partial charge in [-0.3, -0.25) is 4.79 Å². The molecule has 1 aliphatic heterocycles. The number of piperidine rings is 1. The van der Waals surface area contributed by atoms with Gasteiger partial charge in [-0.05, 0) is 25.0 Å². The number of para-hydroxylation sites is 1. The number of likely N-dealkylation sites (N-methyl/N-ethyl adjacent to an activating group) is 1. The molecule has 1 atom stereocenters. The first kappa shape index (κ1) is 13.2. The second-order valence-corrected chi connectivity index (χ2v) is 4.98. The molecule has 1 unspecified atom stereocenters. The first-order chi connectivity index (χ1) is 8.72. The number of anilines is 1. The molecule has 1 aliphatic rings. The fourth-order valence-corrected chi connectivity index (χ4v) is 2.63. The summed E-state index contributed by atoms with van der Waals surface area (Å²) in [5, 5.41) is 0. The van der Waals surface area contributed by atoms with Gasteiger partial charge in [0.1, 0.15) is 5.88 Å². The van der Waals surface area contributed by atoms with E-state index in [1.54, 1.807) is 4.90 Å². The third-order valence-electron chi connectivity index (χ3n) is 3.57. The van der Waals surface area contributed by atoms with Crippen molar-refractivity contribution in [2.24, 2.45) is 0 Å². The summed E-state index contributed by atoms with van der Waals surface area (Å²) < 4.78 is 0. The molecule has 0 aromatic heterocycles. The van der Waals surface area contributed by atoms with Crippen LogP contribution < -0.4 is 4.90 Å². The summed E-state index contributed by atoms with van der Waals surface area (Å²) in [6.45, 7) is 1.95. The van der Waals surface area contributed by atoms with Crippen LogP contribution in [0.3, 0.4) is 0 Å². The Morgan fingerprint density at radius 1 is 1.44 bits per heavy atom. The fraction of sp³-hybridized carbons (Fsp3) is 0.500. The van der Waals surface area contributed by atoms with E-state index < -0.39 is 0 Å². The first-order valence-electron chi connectivity index (χ1n) is 6.34. The second kappa shape index (κ2) is 6.10. The van der Waals surface area contributed by atoms with Crippen LogP contribution in [0.2, 0.25) is 0 Å². The number of amides is 1. The third-order valence-corrected chi connectivity index (χ3v) is 3.80. The molecule has 0 bridgehead atoms. The Kier molecular flexibility index (Phi) is 4.48. The van der Waals surface area contributed by atoms with Crippen LogP contribution >= 0.6 is 11.6 Å². The molecule has 0 spiro atoms. The smallest absolute Gasteiger partial charge is 0.237 e. The predicted molar refractivity (Wildman–Crippen MR) is 75.2 cm³/mol. The molecule has 1 saturated heterocycles. The number of hydrogen-bond donors (Lipinski definition) is 0. The lowest BCUT2D eigenvalue weighted by Gasteiger charge is -2.38. The molecule has 0 radical (unpaired) electrons. The molecule has 2 rings (SSSR count). The van der Waals surface area contributed by atoms with Gasteiger partial charge in [-0.25, -0.2) is 0 Å². The topological polar surface area (TPSA) is 23.6 Å². The van der Waals surface area contributed by atoms with Crippen LogP contribution in [-0.2, 0) is 4.79 Å². The highest BCUT2D eigenvalue weighted by molar-refractivity contribution is 6.27. The summed E-state index contributed by atoms with van der Waals surface area (Å²) in [6, 6.07) is 10.6. The van der Waals surface area contributed by atoms with Crippen molar-refractivity contribution < 1.29 is 4.79 Å². The Labute approximate surface area is 113 Å². The monoisotopic (exact) mass is 266 g/mol. The summed E-state index contributed by atoms with van der Waals surface area (Å²) >= 11 is 5.61. The predicted octanol–water partition coefficient (Wildman–Crippen LogP) is 2.35. The van der Waals surface area contributed by atoms with E-state index in [4.69, 9.17) is 11.6 Å². The lowest BCUT2D eigenvalue weighted by atomic mass is 10.0. The molecule has 1 heterocycles. The van der Waals surface area contributed by atoms with Crippen LogP contribution in [0.25, 0.3) is 0 Å². The van der Waals surface area contributed by atoms with Crippen molar-refractivity contribution in [3.8, 4) is 0 Å². The van der Waals surface area contributed by atoms with E-state index >= 15 is 0 Å². The maximum absolute atomic E-state index is 11.6. The largest absolute Gasteiger partial charge is 0.369 e. The van der Waals surface area contributed by atoms with E-state index in [1.165, 1.54) is 5.69 Å². The Balaban J connectivity index is 2.03. The van der Waals surface area contributed by atoms with Crippen molar-refractivity contribution in [1.82, 2.24) is 4.90 Å². The minimum Gasteiger partial charge on any atom is -0.369 e. The van der Waals surface area contributed by atoms with Gasteiger partial charge in [0.25, 0.3) is 0 Å². The average molecular weight is 267 g/mol. The van der Waals surface area contributed by atoms with Gasteiger partial charge in [-0.1, -0.05) is 18.2 Å². The zero-order valence-electron chi connectivity index (χ0n) is 10.7. The van der Waals surface area contributed by atoms with E-state index in [0.717, 1.165) is 25.9 Å². The van der Waals surface area contributed by atoms with Crippen molar-refractivity contribution in [1.29, 1.82) is 0 Å². The Hall–Kier alpha value is -1.22. The number of halogens is 1. The number of carbonyl (C=O) groups is 1. The van der Waals surface area contributed by atoms with Gasteiger partial charge in [0.15, 0.2) is 0 Å². The minimum atomic E-state index is 0.0107. The van der Waals surface area contributed by atoms with Crippen molar-refractivity contribution in [3.63, 3.8) is 0 Å². The Bertz CT molecular complexity index is 396. The molecule has 1 aromatic rings. The van der Waals surface area contributed by atoms with E-state index in [-0.39, 0.29) is 17.8 Å². The standard InChI is InChI=1S/C14H19ClN2O/c1-16(14(18)10-15)13-8-5-9-17(11-13)12-6-3-2-4-7-12/h2-4,6-7,13H,5,8-11H2,1H3. The molecule has 1 aromatic carbocycles. The maximum Gasteiger partial charge on any atom is 0.237 e. The lowest BCUT2D eigenvalue weighted by molar-refractivity contribution is -0.129. The molecule has 98 valence electrons. The number of rotatable bonds is 3. The van der Waals surface area contributed by atoms with E-state index in [9.17, 15) is 4.79 Å². The quantitative estimate of drug-likeness (QED) is 0.784. The van der Waals surface area contributed by atoms with Crippen LogP contribution in [0.4, 0.5) is 5.69 Å². The maximum atomic E-state index is 11.6. The zero-order chi connectivity index (χ0) is 13.0. The van der Waals surface area contributed by atoms with Gasteiger partial charge in [0.05, 0.1) is 0 Å². The Morgan fingerprint density at radius 2 is 2.17 bits per heavy atom. The number of alkyl halides is 1. The Morgan fingerprint density at radius 3 is 2.83 bits per heavy atom. The molecule has 4 heteroatoms. The van der Waals surface area contributed by atoms with Crippen LogP contribution in [-0.4, -0.2) is 42.9 Å². The number of hydrogen-bond acceptors (Lipinski definition) is 2. The summed E-state index contributed by atoms with van der Waals surface area (Å²) in [5.41, 5.74) is 1.23. The van der Waals surface area contributed by atoms with Gasteiger partial charge in [-0.15, -0.1) is 11.6 Å². The summed E-state index contributed by atoms with van der Waals surface area (Å²) in [5.74, 6) is 0.0785. The number of carbonyl (C=O) groups excluding carboxylic acids is 1. The van der Waals surface area contributed by atoms with Gasteiger partial charge in [-0.2, -0.15) is 0 Å². The summed E-state index contributed by atoms with van der Waals surface area (Å²) in [4.78, 5) is 15.8. The van der Waals surface area contributed by atoms with E-state index in [0.29, 0.717) is 0 Å². The molecular formula is C14H19ClN2O. The molecular weight excluding hydrogens is 248 g/mol. The molecule has 1 amide bonds. The highest BCUT2D eigenvalue weighted by atomic mass is 35.5. The van der Waals surface area contributed by atoms with Crippen LogP contribution in [0.15, 0.2) is 30.3 Å². The lowest BCUT2D eigenvalue weighted by Crippen LogP contribution is -2.49. The van der Waals surface area contributed by atoms with Crippen LogP contribution in [0.5, 0.6) is 0 Å². The highest BCUT2D eigenvalue weighted by Gasteiger charge is 2.25. The third kappa shape index (κ3) is 2.96. The second-order valence-electron chi connectivity index (χ2n) is 4.72.